The van der Waals surface area contributed by atoms with E-state index in [-0.39, 0.29) is 11.8 Å². The van der Waals surface area contributed by atoms with Gasteiger partial charge in [0.05, 0.1) is 11.8 Å². The number of rotatable bonds is 4. The fourth-order valence-corrected chi connectivity index (χ4v) is 1.88. The number of carboxylic acid groups (broad SMARTS) is 1. The number of carboxylic acids is 1. The summed E-state index contributed by atoms with van der Waals surface area (Å²) in [5.74, 6) is -1.84. The van der Waals surface area contributed by atoms with Crippen LogP contribution in [0.3, 0.4) is 0 Å². The predicted molar refractivity (Wildman–Crippen MR) is 62.3 cm³/mol. The third kappa shape index (κ3) is 2.64. The summed E-state index contributed by atoms with van der Waals surface area (Å²) in [5.41, 5.74) is 2.19. The molecule has 1 aromatic rings. The second kappa shape index (κ2) is 4.57. The van der Waals surface area contributed by atoms with Gasteiger partial charge >= 0.3 is 5.97 Å². The highest BCUT2D eigenvalue weighted by Gasteiger charge is 2.48. The van der Waals surface area contributed by atoms with E-state index in [1.165, 1.54) is 0 Å². The molecule has 0 saturated heterocycles. The lowest BCUT2D eigenvalue weighted by atomic mass is 10.1. The van der Waals surface area contributed by atoms with Crippen molar-refractivity contribution in [3.63, 3.8) is 0 Å². The Morgan fingerprint density at radius 1 is 1.35 bits per heavy atom. The SMILES string of the molecule is Cc1ccccc1CNC(=O)C1CC1C(=O)O. The first-order valence-electron chi connectivity index (χ1n) is 5.64. The monoisotopic (exact) mass is 233 g/mol. The molecule has 2 atom stereocenters. The van der Waals surface area contributed by atoms with Crippen molar-refractivity contribution < 1.29 is 14.7 Å². The molecular weight excluding hydrogens is 218 g/mol. The van der Waals surface area contributed by atoms with Crippen molar-refractivity contribution >= 4 is 11.9 Å². The molecule has 0 aromatic heterocycles. The van der Waals surface area contributed by atoms with Crippen molar-refractivity contribution in [2.75, 3.05) is 0 Å². The van der Waals surface area contributed by atoms with E-state index in [1.807, 2.05) is 31.2 Å². The molecule has 0 bridgehead atoms. The molecule has 1 fully saturated rings. The lowest BCUT2D eigenvalue weighted by Crippen LogP contribution is -2.26. The largest absolute Gasteiger partial charge is 0.481 e. The number of amides is 1. The second-order valence-electron chi connectivity index (χ2n) is 4.43. The molecule has 1 aliphatic carbocycles. The minimum atomic E-state index is -0.874. The van der Waals surface area contributed by atoms with Gasteiger partial charge in [-0.25, -0.2) is 0 Å². The minimum absolute atomic E-state index is 0.152. The van der Waals surface area contributed by atoms with Gasteiger partial charge < -0.3 is 10.4 Å². The van der Waals surface area contributed by atoms with Crippen LogP contribution in [0.25, 0.3) is 0 Å². The van der Waals surface area contributed by atoms with Crippen LogP contribution in [-0.2, 0) is 16.1 Å². The van der Waals surface area contributed by atoms with Crippen LogP contribution in [-0.4, -0.2) is 17.0 Å². The van der Waals surface area contributed by atoms with Gasteiger partial charge in [-0.1, -0.05) is 24.3 Å². The van der Waals surface area contributed by atoms with Gasteiger partial charge in [-0.15, -0.1) is 0 Å². The summed E-state index contributed by atoms with van der Waals surface area (Å²) in [7, 11) is 0. The summed E-state index contributed by atoms with van der Waals surface area (Å²) in [6, 6.07) is 7.81. The molecule has 4 nitrogen and oxygen atoms in total. The Labute approximate surface area is 99.6 Å². The van der Waals surface area contributed by atoms with Gasteiger partial charge in [0.15, 0.2) is 0 Å². The van der Waals surface area contributed by atoms with Crippen LogP contribution >= 0.6 is 0 Å². The molecule has 1 amide bonds. The summed E-state index contributed by atoms with van der Waals surface area (Å²) in [6.45, 7) is 2.45. The molecular formula is C13H15NO3. The first-order chi connectivity index (χ1) is 8.09. The molecule has 2 unspecified atom stereocenters. The van der Waals surface area contributed by atoms with E-state index in [0.29, 0.717) is 13.0 Å². The van der Waals surface area contributed by atoms with Crippen LogP contribution in [0.15, 0.2) is 24.3 Å². The molecule has 0 spiro atoms. The summed E-state index contributed by atoms with van der Waals surface area (Å²) in [6.07, 6.45) is 0.467. The molecule has 90 valence electrons. The zero-order valence-electron chi connectivity index (χ0n) is 9.64. The molecule has 1 aromatic carbocycles. The molecule has 0 heterocycles. The summed E-state index contributed by atoms with van der Waals surface area (Å²) in [4.78, 5) is 22.3. The van der Waals surface area contributed by atoms with Crippen LogP contribution in [0, 0.1) is 18.8 Å². The summed E-state index contributed by atoms with van der Waals surface area (Å²) < 4.78 is 0. The van der Waals surface area contributed by atoms with Gasteiger partial charge in [-0.05, 0) is 24.5 Å². The van der Waals surface area contributed by atoms with Crippen molar-refractivity contribution in [1.29, 1.82) is 0 Å². The Hall–Kier alpha value is -1.84. The number of carbonyl (C=O) groups excluding carboxylic acids is 1. The molecule has 17 heavy (non-hydrogen) atoms. The van der Waals surface area contributed by atoms with E-state index in [0.717, 1.165) is 11.1 Å². The number of hydrogen-bond acceptors (Lipinski definition) is 2. The first-order valence-corrected chi connectivity index (χ1v) is 5.64. The number of benzene rings is 1. The Bertz CT molecular complexity index is 456. The topological polar surface area (TPSA) is 66.4 Å². The zero-order valence-corrected chi connectivity index (χ0v) is 9.64. The fourth-order valence-electron chi connectivity index (χ4n) is 1.88. The summed E-state index contributed by atoms with van der Waals surface area (Å²) in [5, 5.41) is 11.5. The normalized spacial score (nSPS) is 21.9. The van der Waals surface area contributed by atoms with Crippen molar-refractivity contribution in [2.45, 2.75) is 19.9 Å². The smallest absolute Gasteiger partial charge is 0.307 e. The van der Waals surface area contributed by atoms with Gasteiger partial charge in [0.2, 0.25) is 5.91 Å². The average molecular weight is 233 g/mol. The highest BCUT2D eigenvalue weighted by molar-refractivity contribution is 5.89. The molecule has 1 aliphatic rings. The number of aliphatic carboxylic acids is 1. The molecule has 2 rings (SSSR count). The van der Waals surface area contributed by atoms with Crippen LogP contribution in [0.1, 0.15) is 17.5 Å². The Morgan fingerprint density at radius 3 is 2.65 bits per heavy atom. The predicted octanol–water partition coefficient (Wildman–Crippen LogP) is 1.33. The number of aryl methyl sites for hydroxylation is 1. The molecule has 2 N–H and O–H groups in total. The zero-order chi connectivity index (χ0) is 12.4. The molecule has 4 heteroatoms. The van der Waals surface area contributed by atoms with E-state index in [9.17, 15) is 9.59 Å². The van der Waals surface area contributed by atoms with E-state index in [2.05, 4.69) is 5.32 Å². The van der Waals surface area contributed by atoms with Crippen LogP contribution < -0.4 is 5.32 Å². The van der Waals surface area contributed by atoms with Crippen molar-refractivity contribution in [2.24, 2.45) is 11.8 Å². The number of hydrogen-bond donors (Lipinski definition) is 2. The lowest BCUT2D eigenvalue weighted by Gasteiger charge is -2.07. The minimum Gasteiger partial charge on any atom is -0.481 e. The number of carbonyl (C=O) groups is 2. The van der Waals surface area contributed by atoms with Gasteiger partial charge in [-0.3, -0.25) is 9.59 Å². The van der Waals surface area contributed by atoms with E-state index < -0.39 is 11.9 Å². The van der Waals surface area contributed by atoms with Gasteiger partial charge in [-0.2, -0.15) is 0 Å². The molecule has 1 saturated carbocycles. The van der Waals surface area contributed by atoms with Crippen molar-refractivity contribution in [3.8, 4) is 0 Å². The second-order valence-corrected chi connectivity index (χ2v) is 4.43. The lowest BCUT2D eigenvalue weighted by molar-refractivity contribution is -0.140. The maximum Gasteiger partial charge on any atom is 0.307 e. The van der Waals surface area contributed by atoms with Gasteiger partial charge in [0.1, 0.15) is 0 Å². The molecule has 0 aliphatic heterocycles. The van der Waals surface area contributed by atoms with Crippen LogP contribution in [0.4, 0.5) is 0 Å². The standard InChI is InChI=1S/C13H15NO3/c1-8-4-2-3-5-9(8)7-14-12(15)10-6-11(10)13(16)17/h2-5,10-11H,6-7H2,1H3,(H,14,15)(H,16,17). The Balaban J connectivity index is 1.86. The highest BCUT2D eigenvalue weighted by atomic mass is 16.4. The van der Waals surface area contributed by atoms with Gasteiger partial charge in [0, 0.05) is 6.54 Å². The summed E-state index contributed by atoms with van der Waals surface area (Å²) >= 11 is 0. The van der Waals surface area contributed by atoms with Gasteiger partial charge in [0.25, 0.3) is 0 Å². The highest BCUT2D eigenvalue weighted by Crippen LogP contribution is 2.38. The fraction of sp³-hybridized carbons (Fsp3) is 0.385. The van der Waals surface area contributed by atoms with Crippen molar-refractivity contribution in [1.82, 2.24) is 5.32 Å². The average Bonchev–Trinajstić information content (AvgIpc) is 3.07. The van der Waals surface area contributed by atoms with Crippen LogP contribution in [0.2, 0.25) is 0 Å². The van der Waals surface area contributed by atoms with E-state index in [4.69, 9.17) is 5.11 Å². The third-order valence-corrected chi connectivity index (χ3v) is 3.16. The maximum atomic E-state index is 11.6. The quantitative estimate of drug-likeness (QED) is 0.824. The Morgan fingerprint density at radius 2 is 2.06 bits per heavy atom. The van der Waals surface area contributed by atoms with E-state index in [1.54, 1.807) is 0 Å². The Kier molecular flexibility index (Phi) is 3.13. The molecule has 0 radical (unpaired) electrons. The number of nitrogens with one attached hydrogen (secondary N) is 1. The van der Waals surface area contributed by atoms with Crippen LogP contribution in [0.5, 0.6) is 0 Å². The maximum absolute atomic E-state index is 11.6. The van der Waals surface area contributed by atoms with Crippen molar-refractivity contribution in [3.05, 3.63) is 35.4 Å². The van der Waals surface area contributed by atoms with E-state index >= 15 is 0 Å². The third-order valence-electron chi connectivity index (χ3n) is 3.16. The first kappa shape index (κ1) is 11.6.